The van der Waals surface area contributed by atoms with Crippen LogP contribution in [0.4, 0.5) is 0 Å². The third kappa shape index (κ3) is 2.70. The zero-order valence-electron chi connectivity index (χ0n) is 13.4. The zero-order valence-corrected chi connectivity index (χ0v) is 14.2. The molecule has 122 valence electrons. The van der Waals surface area contributed by atoms with Crippen molar-refractivity contribution in [1.29, 1.82) is 0 Å². The van der Waals surface area contributed by atoms with Gasteiger partial charge in [-0.25, -0.2) is 4.98 Å². The van der Waals surface area contributed by atoms with Gasteiger partial charge in [0, 0.05) is 30.1 Å². The van der Waals surface area contributed by atoms with Gasteiger partial charge in [-0.05, 0) is 44.7 Å². The zero-order chi connectivity index (χ0) is 16.0. The Morgan fingerprint density at radius 1 is 1.39 bits per heavy atom. The molecule has 4 rings (SSSR count). The molecule has 2 atom stereocenters. The molecule has 23 heavy (non-hydrogen) atoms. The second kappa shape index (κ2) is 5.76. The second-order valence-electron chi connectivity index (χ2n) is 6.58. The van der Waals surface area contributed by atoms with E-state index < -0.39 is 0 Å². The number of aromatic nitrogens is 1. The summed E-state index contributed by atoms with van der Waals surface area (Å²) in [6.45, 7) is 1.96. The fourth-order valence-electron chi connectivity index (χ4n) is 3.78. The molecule has 2 bridgehead atoms. The van der Waals surface area contributed by atoms with Gasteiger partial charge < -0.3 is 14.6 Å². The Balaban J connectivity index is 1.54. The Kier molecular flexibility index (Phi) is 3.73. The van der Waals surface area contributed by atoms with Crippen molar-refractivity contribution in [2.24, 2.45) is 0 Å². The number of nitrogens with zero attached hydrogens (tertiary/aromatic N) is 2. The Labute approximate surface area is 139 Å². The van der Waals surface area contributed by atoms with Gasteiger partial charge in [-0.3, -0.25) is 4.79 Å². The lowest BCUT2D eigenvalue weighted by Crippen LogP contribution is -2.48. The van der Waals surface area contributed by atoms with E-state index in [4.69, 9.17) is 4.42 Å². The third-order valence-corrected chi connectivity index (χ3v) is 6.03. The molecule has 2 aromatic rings. The van der Waals surface area contributed by atoms with Gasteiger partial charge in [0.05, 0.1) is 6.26 Å². The van der Waals surface area contributed by atoms with E-state index in [1.54, 1.807) is 6.26 Å². The molecule has 2 aliphatic rings. The number of thiazole rings is 1. The normalized spacial score (nSPS) is 26.4. The fourth-order valence-corrected chi connectivity index (χ4v) is 4.65. The maximum absolute atomic E-state index is 12.9. The first kappa shape index (κ1) is 14.9. The fraction of sp³-hybridized carbons (Fsp3) is 0.529. The van der Waals surface area contributed by atoms with Crippen molar-refractivity contribution < 1.29 is 9.21 Å². The van der Waals surface area contributed by atoms with Gasteiger partial charge in [0.15, 0.2) is 10.8 Å². The summed E-state index contributed by atoms with van der Waals surface area (Å²) in [7, 11) is 1.92. The maximum Gasteiger partial charge on any atom is 0.273 e. The number of furan rings is 1. The van der Waals surface area contributed by atoms with Crippen LogP contribution in [-0.4, -0.2) is 41.0 Å². The highest BCUT2D eigenvalue weighted by molar-refractivity contribution is 7.15. The summed E-state index contributed by atoms with van der Waals surface area (Å²) in [5.74, 6) is 0.752. The number of fused-ring (bicyclic) bond motifs is 2. The standard InChI is InChI=1S/C17H21N3O2S/c1-10-15(19-16(23-10)14-4-3-7-22-14)17(21)20(2)13-8-11-5-6-12(9-13)18-11/h3-4,7,11-13,18H,5-6,8-9H2,1-2H3. The number of carbonyl (C=O) groups excluding carboxylic acids is 1. The predicted molar refractivity (Wildman–Crippen MR) is 89.6 cm³/mol. The minimum atomic E-state index is 0.0304. The predicted octanol–water partition coefficient (Wildman–Crippen LogP) is 3.07. The molecule has 1 amide bonds. The molecule has 1 N–H and O–H groups in total. The Hall–Kier alpha value is -1.66. The number of amides is 1. The number of hydrogen-bond donors (Lipinski definition) is 1. The van der Waals surface area contributed by atoms with E-state index in [-0.39, 0.29) is 5.91 Å². The molecule has 2 saturated heterocycles. The van der Waals surface area contributed by atoms with Crippen LogP contribution in [0.15, 0.2) is 22.8 Å². The van der Waals surface area contributed by atoms with Gasteiger partial charge in [0.2, 0.25) is 0 Å². The highest BCUT2D eigenvalue weighted by atomic mass is 32.1. The molecule has 2 aliphatic heterocycles. The monoisotopic (exact) mass is 331 g/mol. The molecule has 4 heterocycles. The SMILES string of the molecule is Cc1sc(-c2ccco2)nc1C(=O)N(C)C1CC2CCC(C1)N2. The molecule has 2 unspecified atom stereocenters. The van der Waals surface area contributed by atoms with Crippen LogP contribution >= 0.6 is 11.3 Å². The number of carbonyl (C=O) groups is 1. The summed E-state index contributed by atoms with van der Waals surface area (Å²) in [4.78, 5) is 20.3. The van der Waals surface area contributed by atoms with E-state index >= 15 is 0 Å². The number of piperidine rings is 1. The Bertz CT molecular complexity index is 698. The van der Waals surface area contributed by atoms with Crippen LogP contribution in [0.1, 0.15) is 41.0 Å². The smallest absolute Gasteiger partial charge is 0.273 e. The maximum atomic E-state index is 12.9. The summed E-state index contributed by atoms with van der Waals surface area (Å²) in [5.41, 5.74) is 0.565. The van der Waals surface area contributed by atoms with Gasteiger partial charge in [-0.1, -0.05) is 0 Å². The number of hydrogen-bond acceptors (Lipinski definition) is 5. The molecule has 0 spiro atoms. The Morgan fingerprint density at radius 2 is 2.13 bits per heavy atom. The quantitative estimate of drug-likeness (QED) is 0.939. The highest BCUT2D eigenvalue weighted by Crippen LogP contribution is 2.32. The van der Waals surface area contributed by atoms with Gasteiger partial charge in [-0.15, -0.1) is 11.3 Å². The summed E-state index contributed by atoms with van der Waals surface area (Å²) in [6, 6.07) is 5.17. The van der Waals surface area contributed by atoms with Crippen LogP contribution in [0.5, 0.6) is 0 Å². The summed E-state index contributed by atoms with van der Waals surface area (Å²) in [5, 5.41) is 4.40. The summed E-state index contributed by atoms with van der Waals surface area (Å²) >= 11 is 1.51. The van der Waals surface area contributed by atoms with E-state index in [0.717, 1.165) is 28.5 Å². The van der Waals surface area contributed by atoms with Crippen molar-refractivity contribution in [3.05, 3.63) is 29.0 Å². The van der Waals surface area contributed by atoms with Crippen LogP contribution in [0.3, 0.4) is 0 Å². The lowest BCUT2D eigenvalue weighted by atomic mass is 9.98. The van der Waals surface area contributed by atoms with Gasteiger partial charge >= 0.3 is 0 Å². The number of nitrogens with one attached hydrogen (secondary N) is 1. The average molecular weight is 331 g/mol. The van der Waals surface area contributed by atoms with Crippen LogP contribution in [0.2, 0.25) is 0 Å². The van der Waals surface area contributed by atoms with E-state index in [0.29, 0.717) is 23.8 Å². The van der Waals surface area contributed by atoms with Crippen molar-refractivity contribution >= 4 is 17.2 Å². The van der Waals surface area contributed by atoms with E-state index in [9.17, 15) is 4.79 Å². The molecule has 5 nitrogen and oxygen atoms in total. The second-order valence-corrected chi connectivity index (χ2v) is 7.78. The van der Waals surface area contributed by atoms with E-state index in [1.165, 1.54) is 24.2 Å². The number of aryl methyl sites for hydroxylation is 1. The Morgan fingerprint density at radius 3 is 2.78 bits per heavy atom. The first-order chi connectivity index (χ1) is 11.1. The molecule has 0 aliphatic carbocycles. The van der Waals surface area contributed by atoms with Crippen LogP contribution in [-0.2, 0) is 0 Å². The lowest BCUT2D eigenvalue weighted by Gasteiger charge is -2.35. The molecular formula is C17H21N3O2S. The number of rotatable bonds is 3. The summed E-state index contributed by atoms with van der Waals surface area (Å²) in [6.07, 6.45) is 6.20. The molecule has 2 fully saturated rings. The molecular weight excluding hydrogens is 310 g/mol. The molecule has 0 saturated carbocycles. The first-order valence-electron chi connectivity index (χ1n) is 8.16. The van der Waals surface area contributed by atoms with Gasteiger partial charge in [0.1, 0.15) is 5.69 Å². The van der Waals surface area contributed by atoms with E-state index in [2.05, 4.69) is 10.3 Å². The first-order valence-corrected chi connectivity index (χ1v) is 8.98. The van der Waals surface area contributed by atoms with Gasteiger partial charge in [-0.2, -0.15) is 0 Å². The molecule has 0 aromatic carbocycles. The topological polar surface area (TPSA) is 58.4 Å². The van der Waals surface area contributed by atoms with Gasteiger partial charge in [0.25, 0.3) is 5.91 Å². The van der Waals surface area contributed by atoms with Crippen LogP contribution < -0.4 is 5.32 Å². The molecule has 2 aromatic heterocycles. The average Bonchev–Trinajstić information content (AvgIpc) is 3.26. The van der Waals surface area contributed by atoms with Crippen molar-refractivity contribution in [2.45, 2.75) is 50.7 Å². The van der Waals surface area contributed by atoms with E-state index in [1.807, 2.05) is 31.0 Å². The molecule has 0 radical (unpaired) electrons. The molecule has 6 heteroatoms. The van der Waals surface area contributed by atoms with Crippen molar-refractivity contribution in [3.8, 4) is 10.8 Å². The summed E-state index contributed by atoms with van der Waals surface area (Å²) < 4.78 is 5.40. The van der Waals surface area contributed by atoms with Crippen LogP contribution in [0.25, 0.3) is 10.8 Å². The minimum Gasteiger partial charge on any atom is -0.462 e. The van der Waals surface area contributed by atoms with Crippen molar-refractivity contribution in [3.63, 3.8) is 0 Å². The highest BCUT2D eigenvalue weighted by Gasteiger charge is 2.37. The minimum absolute atomic E-state index is 0.0304. The largest absolute Gasteiger partial charge is 0.462 e. The van der Waals surface area contributed by atoms with Crippen molar-refractivity contribution in [1.82, 2.24) is 15.2 Å². The van der Waals surface area contributed by atoms with Crippen LogP contribution in [0, 0.1) is 6.92 Å². The lowest BCUT2D eigenvalue weighted by molar-refractivity contribution is 0.0676. The van der Waals surface area contributed by atoms with Crippen molar-refractivity contribution in [2.75, 3.05) is 7.05 Å². The third-order valence-electron chi connectivity index (χ3n) is 5.05.